The average molecular weight is 573 g/mol. The first-order chi connectivity index (χ1) is 20.3. The number of nitrogens with zero attached hydrogens (tertiary/aromatic N) is 8. The van der Waals surface area contributed by atoms with Crippen LogP contribution < -0.4 is 14.7 Å². The number of nitriles is 1. The highest BCUT2D eigenvalue weighted by Gasteiger charge is 2.37. The second kappa shape index (κ2) is 11.9. The summed E-state index contributed by atoms with van der Waals surface area (Å²) in [5.41, 5.74) is 4.50. The summed E-state index contributed by atoms with van der Waals surface area (Å²) in [6, 6.07) is 7.52. The molecule has 10 heteroatoms. The van der Waals surface area contributed by atoms with Crippen molar-refractivity contribution in [3.8, 4) is 6.07 Å². The minimum atomic E-state index is -0.215. The molecule has 42 heavy (non-hydrogen) atoms. The van der Waals surface area contributed by atoms with Gasteiger partial charge in [0.25, 0.3) is 0 Å². The summed E-state index contributed by atoms with van der Waals surface area (Å²) >= 11 is 0. The van der Waals surface area contributed by atoms with Crippen LogP contribution >= 0.6 is 0 Å². The van der Waals surface area contributed by atoms with Crippen molar-refractivity contribution in [3.05, 3.63) is 53.5 Å². The number of aryl methyl sites for hydroxylation is 1. The number of rotatable bonds is 7. The van der Waals surface area contributed by atoms with Crippen molar-refractivity contribution in [1.82, 2.24) is 19.8 Å². The Morgan fingerprint density at radius 1 is 1.17 bits per heavy atom. The molecule has 1 aliphatic carbocycles. The first-order valence-electron chi connectivity index (χ1n) is 15.2. The molecule has 6 rings (SSSR count). The highest BCUT2D eigenvalue weighted by Crippen LogP contribution is 2.38. The SMILES string of the molecule is C=CC(=O)N1CCN(c2nc(N3CC(CN(C)C)C3)nc3c2CC[C@@H](N2CCCc4ccc(F)cc42)C3)C[C@@H]1CC#N. The van der Waals surface area contributed by atoms with Crippen LogP contribution in [0, 0.1) is 23.1 Å². The van der Waals surface area contributed by atoms with Crippen LogP contribution in [0.2, 0.25) is 0 Å². The molecule has 4 heterocycles. The number of amides is 1. The molecule has 222 valence electrons. The van der Waals surface area contributed by atoms with Gasteiger partial charge in [-0.2, -0.15) is 10.2 Å². The predicted molar refractivity (Wildman–Crippen MR) is 162 cm³/mol. The minimum Gasteiger partial charge on any atom is -0.368 e. The van der Waals surface area contributed by atoms with Gasteiger partial charge in [0.2, 0.25) is 11.9 Å². The maximum absolute atomic E-state index is 14.3. The van der Waals surface area contributed by atoms with Crippen molar-refractivity contribution in [2.45, 2.75) is 50.6 Å². The Kier molecular flexibility index (Phi) is 8.04. The van der Waals surface area contributed by atoms with Crippen LogP contribution in [0.15, 0.2) is 30.9 Å². The topological polar surface area (TPSA) is 82.8 Å². The molecular formula is C32H41FN8O. The zero-order chi connectivity index (χ0) is 29.4. The Morgan fingerprint density at radius 3 is 2.76 bits per heavy atom. The lowest BCUT2D eigenvalue weighted by atomic mass is 9.88. The van der Waals surface area contributed by atoms with Crippen molar-refractivity contribution in [1.29, 1.82) is 5.26 Å². The van der Waals surface area contributed by atoms with Gasteiger partial charge in [0, 0.05) is 75.4 Å². The van der Waals surface area contributed by atoms with Gasteiger partial charge in [0.1, 0.15) is 11.6 Å². The number of aromatic nitrogens is 2. The number of benzene rings is 1. The first kappa shape index (κ1) is 28.4. The smallest absolute Gasteiger partial charge is 0.246 e. The van der Waals surface area contributed by atoms with E-state index in [1.165, 1.54) is 17.2 Å². The number of hydrogen-bond donors (Lipinski definition) is 0. The van der Waals surface area contributed by atoms with E-state index < -0.39 is 0 Å². The third-order valence-electron chi connectivity index (χ3n) is 9.29. The summed E-state index contributed by atoms with van der Waals surface area (Å²) in [7, 11) is 4.21. The van der Waals surface area contributed by atoms with Crippen LogP contribution in [0.1, 0.15) is 36.1 Å². The Balaban J connectivity index is 1.31. The first-order valence-corrected chi connectivity index (χ1v) is 15.2. The highest BCUT2D eigenvalue weighted by atomic mass is 19.1. The van der Waals surface area contributed by atoms with Gasteiger partial charge in [-0.1, -0.05) is 12.6 Å². The highest BCUT2D eigenvalue weighted by molar-refractivity contribution is 5.87. The lowest BCUT2D eigenvalue weighted by Gasteiger charge is -2.44. The maximum atomic E-state index is 14.3. The molecule has 0 radical (unpaired) electrons. The Labute approximate surface area is 248 Å². The van der Waals surface area contributed by atoms with Crippen molar-refractivity contribution in [2.75, 3.05) is 74.6 Å². The van der Waals surface area contributed by atoms with E-state index in [9.17, 15) is 14.4 Å². The maximum Gasteiger partial charge on any atom is 0.246 e. The molecular weight excluding hydrogens is 531 g/mol. The largest absolute Gasteiger partial charge is 0.368 e. The molecule has 3 aliphatic heterocycles. The van der Waals surface area contributed by atoms with E-state index in [1.54, 1.807) is 17.0 Å². The van der Waals surface area contributed by atoms with Crippen LogP contribution in [-0.2, 0) is 24.1 Å². The normalized spacial score (nSPS) is 22.4. The van der Waals surface area contributed by atoms with Gasteiger partial charge in [0.05, 0.1) is 24.2 Å². The summed E-state index contributed by atoms with van der Waals surface area (Å²) in [5, 5.41) is 9.53. The van der Waals surface area contributed by atoms with E-state index in [0.29, 0.717) is 25.6 Å². The van der Waals surface area contributed by atoms with Crippen molar-refractivity contribution < 1.29 is 9.18 Å². The molecule has 4 aliphatic rings. The molecule has 0 N–H and O–H groups in total. The monoisotopic (exact) mass is 572 g/mol. The number of carbonyl (C=O) groups is 1. The molecule has 9 nitrogen and oxygen atoms in total. The molecule has 0 spiro atoms. The van der Waals surface area contributed by atoms with E-state index in [4.69, 9.17) is 9.97 Å². The number of piperazine rings is 1. The summed E-state index contributed by atoms with van der Waals surface area (Å²) in [5.74, 6) is 1.99. The fourth-order valence-corrected chi connectivity index (χ4v) is 7.29. The molecule has 2 saturated heterocycles. The minimum absolute atomic E-state index is 0.131. The third-order valence-corrected chi connectivity index (χ3v) is 9.29. The van der Waals surface area contributed by atoms with E-state index in [1.807, 2.05) is 6.07 Å². The Hall–Kier alpha value is -3.71. The Morgan fingerprint density at radius 2 is 2.00 bits per heavy atom. The number of hydrogen-bond acceptors (Lipinski definition) is 8. The fourth-order valence-electron chi connectivity index (χ4n) is 7.29. The molecule has 0 bridgehead atoms. The summed E-state index contributed by atoms with van der Waals surface area (Å²) in [4.78, 5) is 33.8. The lowest BCUT2D eigenvalue weighted by Crippen LogP contribution is -2.55. The van der Waals surface area contributed by atoms with Crippen LogP contribution in [0.4, 0.5) is 21.8 Å². The summed E-state index contributed by atoms with van der Waals surface area (Å²) < 4.78 is 14.3. The molecule has 1 aromatic heterocycles. The van der Waals surface area contributed by atoms with Gasteiger partial charge in [-0.15, -0.1) is 0 Å². The quantitative estimate of drug-likeness (QED) is 0.469. The van der Waals surface area contributed by atoms with Gasteiger partial charge >= 0.3 is 0 Å². The van der Waals surface area contributed by atoms with Gasteiger partial charge in [-0.25, -0.2) is 9.37 Å². The van der Waals surface area contributed by atoms with E-state index in [-0.39, 0.29) is 30.2 Å². The molecule has 1 amide bonds. The van der Waals surface area contributed by atoms with Crippen LogP contribution in [0.5, 0.6) is 0 Å². The molecule has 0 unspecified atom stereocenters. The van der Waals surface area contributed by atoms with Gasteiger partial charge < -0.3 is 24.5 Å². The standard InChI is InChI=1S/C32H41FN8O/c1-4-30(42)41-15-14-38(21-26(41)11-12-34)31-27-10-9-25(40-13-5-6-23-7-8-24(33)16-29(23)40)17-28(27)35-32(36-31)39-19-22(20-39)18-37(2)3/h4,7-8,16,22,25-26H,1,5-6,9-11,13-15,17-21H2,2-3H3/t25-,26+/m1/s1. The van der Waals surface area contributed by atoms with E-state index >= 15 is 0 Å². The second-order valence-electron chi connectivity index (χ2n) is 12.5. The average Bonchev–Trinajstić information content (AvgIpc) is 2.97. The van der Waals surface area contributed by atoms with Crippen LogP contribution in [0.25, 0.3) is 0 Å². The lowest BCUT2D eigenvalue weighted by molar-refractivity contribution is -0.128. The fraction of sp³-hybridized carbons (Fsp3) is 0.562. The predicted octanol–water partition coefficient (Wildman–Crippen LogP) is 3.04. The molecule has 2 fully saturated rings. The number of carbonyl (C=O) groups excluding carboxylic acids is 1. The zero-order valence-electron chi connectivity index (χ0n) is 24.8. The van der Waals surface area contributed by atoms with Crippen molar-refractivity contribution >= 4 is 23.4 Å². The van der Waals surface area contributed by atoms with Crippen LogP contribution in [0.3, 0.4) is 0 Å². The van der Waals surface area contributed by atoms with Crippen molar-refractivity contribution in [3.63, 3.8) is 0 Å². The van der Waals surface area contributed by atoms with Gasteiger partial charge in [0.15, 0.2) is 0 Å². The van der Waals surface area contributed by atoms with E-state index in [0.717, 1.165) is 81.4 Å². The molecule has 2 aromatic rings. The summed E-state index contributed by atoms with van der Waals surface area (Å²) in [6.07, 6.45) is 6.24. The van der Waals surface area contributed by atoms with Gasteiger partial charge in [-0.3, -0.25) is 4.79 Å². The molecule has 1 aromatic carbocycles. The zero-order valence-corrected chi connectivity index (χ0v) is 24.8. The molecule has 2 atom stereocenters. The third kappa shape index (κ3) is 5.54. The number of halogens is 1. The Bertz CT molecular complexity index is 1380. The second-order valence-corrected chi connectivity index (χ2v) is 12.5. The molecule has 0 saturated carbocycles. The number of anilines is 3. The van der Waals surface area contributed by atoms with Crippen LogP contribution in [-0.4, -0.2) is 97.7 Å². The number of fused-ring (bicyclic) bond motifs is 2. The van der Waals surface area contributed by atoms with Crippen molar-refractivity contribution in [2.24, 2.45) is 5.92 Å². The summed E-state index contributed by atoms with van der Waals surface area (Å²) in [6.45, 7) is 9.21. The van der Waals surface area contributed by atoms with Gasteiger partial charge in [-0.05, 0) is 63.6 Å². The van der Waals surface area contributed by atoms with E-state index in [2.05, 4.69) is 46.3 Å².